The van der Waals surface area contributed by atoms with Gasteiger partial charge in [-0.1, -0.05) is 29.8 Å². The molecule has 0 spiro atoms. The maximum Gasteiger partial charge on any atom is 0.338 e. The number of ether oxygens (including phenoxy) is 1. The monoisotopic (exact) mass is 360 g/mol. The molecule has 1 N–H and O–H groups in total. The van der Waals surface area contributed by atoms with Gasteiger partial charge in [0.25, 0.3) is 5.91 Å². The van der Waals surface area contributed by atoms with Crippen LogP contribution >= 0.6 is 11.6 Å². The van der Waals surface area contributed by atoms with Gasteiger partial charge in [-0.2, -0.15) is 0 Å². The zero-order chi connectivity index (χ0) is 18.4. The Labute approximate surface area is 152 Å². The van der Waals surface area contributed by atoms with E-state index in [0.29, 0.717) is 10.6 Å². The molecule has 0 saturated carbocycles. The second-order valence-corrected chi connectivity index (χ2v) is 6.24. The molecule has 2 aromatic rings. The molecule has 25 heavy (non-hydrogen) atoms. The van der Waals surface area contributed by atoms with E-state index in [1.54, 1.807) is 18.2 Å². The zero-order valence-electron chi connectivity index (χ0n) is 14.5. The zero-order valence-corrected chi connectivity index (χ0v) is 15.2. The van der Waals surface area contributed by atoms with Crippen molar-refractivity contribution in [2.75, 3.05) is 25.6 Å². The average molecular weight is 361 g/mol. The third-order valence-electron chi connectivity index (χ3n) is 3.70. The first kappa shape index (κ1) is 18.8. The number of anilines is 1. The highest BCUT2D eigenvalue weighted by molar-refractivity contribution is 6.31. The highest BCUT2D eigenvalue weighted by atomic mass is 35.5. The summed E-state index contributed by atoms with van der Waals surface area (Å²) in [6, 6.07) is 14.0. The van der Waals surface area contributed by atoms with E-state index < -0.39 is 5.97 Å². The molecule has 2 rings (SSSR count). The van der Waals surface area contributed by atoms with Gasteiger partial charge in [-0.3, -0.25) is 4.79 Å². The first-order valence-corrected chi connectivity index (χ1v) is 8.24. The Morgan fingerprint density at radius 2 is 1.76 bits per heavy atom. The molecule has 1 amide bonds. The number of hydrogen-bond donors (Lipinski definition) is 1. The van der Waals surface area contributed by atoms with Crippen molar-refractivity contribution in [3.63, 3.8) is 0 Å². The number of halogens is 1. The van der Waals surface area contributed by atoms with Crippen molar-refractivity contribution in [3.05, 3.63) is 64.7 Å². The van der Waals surface area contributed by atoms with Crippen molar-refractivity contribution in [1.29, 1.82) is 0 Å². The van der Waals surface area contributed by atoms with Crippen LogP contribution in [0.1, 0.15) is 28.9 Å². The molecular weight excluding hydrogens is 340 g/mol. The third kappa shape index (κ3) is 5.22. The predicted molar refractivity (Wildman–Crippen MR) is 99.1 cm³/mol. The second kappa shape index (κ2) is 8.53. The van der Waals surface area contributed by atoms with Crippen LogP contribution in [0, 0.1) is 0 Å². The van der Waals surface area contributed by atoms with Gasteiger partial charge in [0.05, 0.1) is 11.6 Å². The van der Waals surface area contributed by atoms with E-state index in [4.69, 9.17) is 16.3 Å². The number of rotatable bonds is 6. The van der Waals surface area contributed by atoms with Gasteiger partial charge in [0.15, 0.2) is 6.61 Å². The summed E-state index contributed by atoms with van der Waals surface area (Å²) in [4.78, 5) is 25.9. The summed E-state index contributed by atoms with van der Waals surface area (Å²) >= 11 is 6.10. The first-order chi connectivity index (χ1) is 11.9. The minimum atomic E-state index is -0.536. The fourth-order valence-electron chi connectivity index (χ4n) is 2.30. The SMILES string of the molecule is C[C@@H](NC(=O)COC(=O)c1ccc(N(C)C)cc1)c1ccccc1Cl. The summed E-state index contributed by atoms with van der Waals surface area (Å²) < 4.78 is 5.06. The van der Waals surface area contributed by atoms with E-state index >= 15 is 0 Å². The number of amides is 1. The lowest BCUT2D eigenvalue weighted by atomic mass is 10.1. The average Bonchev–Trinajstić information content (AvgIpc) is 2.60. The van der Waals surface area contributed by atoms with Gasteiger partial charge in [0.2, 0.25) is 0 Å². The Morgan fingerprint density at radius 3 is 2.36 bits per heavy atom. The molecule has 132 valence electrons. The van der Waals surface area contributed by atoms with E-state index in [1.807, 2.05) is 56.3 Å². The largest absolute Gasteiger partial charge is 0.452 e. The number of hydrogen-bond acceptors (Lipinski definition) is 4. The highest BCUT2D eigenvalue weighted by Gasteiger charge is 2.14. The summed E-state index contributed by atoms with van der Waals surface area (Å²) in [5, 5.41) is 3.34. The van der Waals surface area contributed by atoms with Crippen LogP contribution in [-0.4, -0.2) is 32.6 Å². The maximum atomic E-state index is 12.0. The molecule has 0 aliphatic carbocycles. The Kier molecular flexibility index (Phi) is 6.42. The van der Waals surface area contributed by atoms with Crippen LogP contribution in [0.3, 0.4) is 0 Å². The number of nitrogens with one attached hydrogen (secondary N) is 1. The van der Waals surface area contributed by atoms with E-state index in [-0.39, 0.29) is 18.6 Å². The standard InChI is InChI=1S/C19H21ClN2O3/c1-13(16-6-4-5-7-17(16)20)21-18(23)12-25-19(24)14-8-10-15(11-9-14)22(2)3/h4-11,13H,12H2,1-3H3,(H,21,23)/t13-/m1/s1. The van der Waals surface area contributed by atoms with Crippen LogP contribution in [-0.2, 0) is 9.53 Å². The fraction of sp³-hybridized carbons (Fsp3) is 0.263. The van der Waals surface area contributed by atoms with Crippen LogP contribution in [0.2, 0.25) is 5.02 Å². The topological polar surface area (TPSA) is 58.6 Å². The molecule has 0 aliphatic heterocycles. The Bertz CT molecular complexity index is 745. The molecule has 0 saturated heterocycles. The lowest BCUT2D eigenvalue weighted by molar-refractivity contribution is -0.124. The molecule has 0 radical (unpaired) electrons. The summed E-state index contributed by atoms with van der Waals surface area (Å²) in [6.07, 6.45) is 0. The Balaban J connectivity index is 1.87. The molecule has 0 heterocycles. The van der Waals surface area contributed by atoms with Gasteiger partial charge < -0.3 is 15.0 Å². The number of esters is 1. The molecule has 5 nitrogen and oxygen atoms in total. The Hall–Kier alpha value is -2.53. The summed E-state index contributed by atoms with van der Waals surface area (Å²) in [5.74, 6) is -0.920. The van der Waals surface area contributed by atoms with Crippen molar-refractivity contribution in [2.24, 2.45) is 0 Å². The third-order valence-corrected chi connectivity index (χ3v) is 4.05. The second-order valence-electron chi connectivity index (χ2n) is 5.83. The summed E-state index contributed by atoms with van der Waals surface area (Å²) in [6.45, 7) is 1.48. The van der Waals surface area contributed by atoms with Crippen LogP contribution < -0.4 is 10.2 Å². The minimum Gasteiger partial charge on any atom is -0.452 e. The summed E-state index contributed by atoms with van der Waals surface area (Å²) in [5.41, 5.74) is 2.18. The molecule has 0 aliphatic rings. The molecular formula is C19H21ClN2O3. The highest BCUT2D eigenvalue weighted by Crippen LogP contribution is 2.22. The van der Waals surface area contributed by atoms with Crippen molar-refractivity contribution in [3.8, 4) is 0 Å². The van der Waals surface area contributed by atoms with Crippen molar-refractivity contribution in [1.82, 2.24) is 5.32 Å². The van der Waals surface area contributed by atoms with Crippen molar-refractivity contribution >= 4 is 29.2 Å². The summed E-state index contributed by atoms with van der Waals surface area (Å²) in [7, 11) is 3.83. The molecule has 6 heteroatoms. The van der Waals surface area contributed by atoms with E-state index in [1.165, 1.54) is 0 Å². The van der Waals surface area contributed by atoms with E-state index in [9.17, 15) is 9.59 Å². The van der Waals surface area contributed by atoms with Crippen molar-refractivity contribution in [2.45, 2.75) is 13.0 Å². The maximum absolute atomic E-state index is 12.0. The smallest absolute Gasteiger partial charge is 0.338 e. The Morgan fingerprint density at radius 1 is 1.12 bits per heavy atom. The molecule has 0 fully saturated rings. The van der Waals surface area contributed by atoms with E-state index in [2.05, 4.69) is 5.32 Å². The van der Waals surface area contributed by atoms with Crippen LogP contribution in [0.15, 0.2) is 48.5 Å². The number of carbonyl (C=O) groups is 2. The van der Waals surface area contributed by atoms with Gasteiger partial charge in [-0.05, 0) is 42.8 Å². The van der Waals surface area contributed by atoms with Crippen LogP contribution in [0.5, 0.6) is 0 Å². The lowest BCUT2D eigenvalue weighted by Gasteiger charge is -2.16. The molecule has 0 unspecified atom stereocenters. The molecule has 2 aromatic carbocycles. The van der Waals surface area contributed by atoms with Gasteiger partial charge in [-0.15, -0.1) is 0 Å². The number of nitrogens with zero attached hydrogens (tertiary/aromatic N) is 1. The normalized spacial score (nSPS) is 11.5. The quantitative estimate of drug-likeness (QED) is 0.802. The van der Waals surface area contributed by atoms with Gasteiger partial charge in [-0.25, -0.2) is 4.79 Å². The minimum absolute atomic E-state index is 0.278. The predicted octanol–water partition coefficient (Wildman–Crippen LogP) is 3.44. The number of benzene rings is 2. The van der Waals surface area contributed by atoms with Gasteiger partial charge >= 0.3 is 5.97 Å². The van der Waals surface area contributed by atoms with Gasteiger partial charge in [0.1, 0.15) is 0 Å². The van der Waals surface area contributed by atoms with Crippen LogP contribution in [0.4, 0.5) is 5.69 Å². The molecule has 0 bridgehead atoms. The van der Waals surface area contributed by atoms with E-state index in [0.717, 1.165) is 11.3 Å². The van der Waals surface area contributed by atoms with Crippen molar-refractivity contribution < 1.29 is 14.3 Å². The fourth-order valence-corrected chi connectivity index (χ4v) is 2.60. The first-order valence-electron chi connectivity index (χ1n) is 7.87. The van der Waals surface area contributed by atoms with Crippen LogP contribution in [0.25, 0.3) is 0 Å². The number of carbonyl (C=O) groups excluding carboxylic acids is 2. The van der Waals surface area contributed by atoms with Gasteiger partial charge in [0, 0.05) is 24.8 Å². The molecule has 1 atom stereocenters. The lowest BCUT2D eigenvalue weighted by Crippen LogP contribution is -2.31. The molecule has 0 aromatic heterocycles.